The lowest BCUT2D eigenvalue weighted by Crippen LogP contribution is -2.26. The van der Waals surface area contributed by atoms with Crippen molar-refractivity contribution in [2.24, 2.45) is 5.73 Å². The molecule has 72 valence electrons. The molecule has 0 spiro atoms. The van der Waals surface area contributed by atoms with Gasteiger partial charge in [-0.2, -0.15) is 0 Å². The van der Waals surface area contributed by atoms with Crippen LogP contribution in [0.25, 0.3) is 0 Å². The van der Waals surface area contributed by atoms with Crippen LogP contribution >= 0.6 is 27.3 Å². The number of thiophene rings is 1. The van der Waals surface area contributed by atoms with Gasteiger partial charge in [-0.05, 0) is 42.3 Å². The van der Waals surface area contributed by atoms with Crippen LogP contribution in [0.4, 0.5) is 0 Å². The second-order valence-electron chi connectivity index (χ2n) is 3.08. The molecule has 1 unspecified atom stereocenters. The Bertz CT molecular complexity index is 344. The summed E-state index contributed by atoms with van der Waals surface area (Å²) in [6.07, 6.45) is 0. The molecule has 0 saturated heterocycles. The van der Waals surface area contributed by atoms with Crippen molar-refractivity contribution in [2.45, 2.75) is 26.8 Å². The minimum absolute atomic E-state index is 0.0244. The molecule has 0 bridgehead atoms. The number of nitrogens with two attached hydrogens (primary N) is 1. The molecule has 2 N–H and O–H groups in total. The van der Waals surface area contributed by atoms with E-state index in [1.165, 1.54) is 11.3 Å². The van der Waals surface area contributed by atoms with Crippen molar-refractivity contribution in [3.8, 4) is 0 Å². The van der Waals surface area contributed by atoms with Crippen molar-refractivity contribution >= 4 is 33.0 Å². The van der Waals surface area contributed by atoms with E-state index in [-0.39, 0.29) is 5.78 Å². The number of aryl methyl sites for hydroxylation is 1. The van der Waals surface area contributed by atoms with Crippen LogP contribution in [0.15, 0.2) is 4.47 Å². The van der Waals surface area contributed by atoms with Crippen molar-refractivity contribution in [3.63, 3.8) is 0 Å². The van der Waals surface area contributed by atoms with E-state index in [2.05, 4.69) is 15.9 Å². The molecule has 2 nitrogen and oxygen atoms in total. The Labute approximate surface area is 90.3 Å². The molecular formula is C9H12BrNOS. The summed E-state index contributed by atoms with van der Waals surface area (Å²) in [6.45, 7) is 5.63. The van der Waals surface area contributed by atoms with Crippen molar-refractivity contribution in [1.82, 2.24) is 0 Å². The van der Waals surface area contributed by atoms with Gasteiger partial charge >= 0.3 is 0 Å². The predicted molar refractivity (Wildman–Crippen MR) is 59.5 cm³/mol. The molecule has 1 aromatic rings. The number of carbonyl (C=O) groups is 1. The summed E-state index contributed by atoms with van der Waals surface area (Å²) in [6, 6.07) is -0.413. The lowest BCUT2D eigenvalue weighted by atomic mass is 10.1. The third-order valence-electron chi connectivity index (χ3n) is 1.87. The van der Waals surface area contributed by atoms with Crippen LogP contribution in [-0.2, 0) is 0 Å². The monoisotopic (exact) mass is 261 g/mol. The van der Waals surface area contributed by atoms with Crippen LogP contribution < -0.4 is 5.73 Å². The van der Waals surface area contributed by atoms with Crippen molar-refractivity contribution in [2.75, 3.05) is 0 Å². The van der Waals surface area contributed by atoms with Crippen LogP contribution in [0.2, 0.25) is 0 Å². The summed E-state index contributed by atoms with van der Waals surface area (Å²) in [7, 11) is 0. The van der Waals surface area contributed by atoms with E-state index in [4.69, 9.17) is 5.73 Å². The van der Waals surface area contributed by atoms with Crippen LogP contribution in [0.3, 0.4) is 0 Å². The third kappa shape index (κ3) is 2.00. The van der Waals surface area contributed by atoms with E-state index in [1.807, 2.05) is 13.8 Å². The van der Waals surface area contributed by atoms with Gasteiger partial charge < -0.3 is 5.73 Å². The molecule has 0 aliphatic rings. The molecular weight excluding hydrogens is 250 g/mol. The number of carbonyl (C=O) groups excluding carboxylic acids is 1. The van der Waals surface area contributed by atoms with Gasteiger partial charge in [0.15, 0.2) is 5.78 Å². The second kappa shape index (κ2) is 3.90. The first-order valence-electron chi connectivity index (χ1n) is 4.00. The zero-order valence-corrected chi connectivity index (χ0v) is 10.3. The molecule has 0 radical (unpaired) electrons. The number of hydrogen-bond acceptors (Lipinski definition) is 3. The van der Waals surface area contributed by atoms with Gasteiger partial charge in [-0.25, -0.2) is 0 Å². The molecule has 4 heteroatoms. The number of hydrogen-bond donors (Lipinski definition) is 1. The molecule has 1 heterocycles. The highest BCUT2D eigenvalue weighted by molar-refractivity contribution is 9.10. The van der Waals surface area contributed by atoms with Gasteiger partial charge in [-0.1, -0.05) is 0 Å². The summed E-state index contributed by atoms with van der Waals surface area (Å²) in [4.78, 5) is 13.5. The molecule has 1 atom stereocenters. The molecule has 0 aromatic carbocycles. The maximum absolute atomic E-state index is 11.6. The summed E-state index contributed by atoms with van der Waals surface area (Å²) < 4.78 is 1.03. The fourth-order valence-corrected chi connectivity index (χ4v) is 2.74. The molecule has 0 saturated carbocycles. The molecule has 0 amide bonds. The highest BCUT2D eigenvalue weighted by Crippen LogP contribution is 2.32. The normalized spacial score (nSPS) is 13.0. The maximum Gasteiger partial charge on any atom is 0.189 e. The van der Waals surface area contributed by atoms with Crippen LogP contribution in [-0.4, -0.2) is 11.8 Å². The Morgan fingerprint density at radius 3 is 2.38 bits per heavy atom. The third-order valence-corrected chi connectivity index (χ3v) is 4.55. The Morgan fingerprint density at radius 1 is 1.54 bits per heavy atom. The fraction of sp³-hybridized carbons (Fsp3) is 0.444. The van der Waals surface area contributed by atoms with E-state index >= 15 is 0 Å². The predicted octanol–water partition coefficient (Wildman–Crippen LogP) is 2.66. The molecule has 1 rings (SSSR count). The van der Waals surface area contributed by atoms with Crippen molar-refractivity contribution in [3.05, 3.63) is 19.8 Å². The minimum atomic E-state index is -0.413. The lowest BCUT2D eigenvalue weighted by molar-refractivity contribution is 0.0971. The first-order chi connectivity index (χ1) is 5.95. The van der Waals surface area contributed by atoms with Crippen molar-refractivity contribution < 1.29 is 4.79 Å². The SMILES string of the molecule is Cc1sc(C(=O)C(C)N)c(C)c1Br. The van der Waals surface area contributed by atoms with Gasteiger partial charge in [-0.15, -0.1) is 11.3 Å². The number of Topliss-reactive ketones (excluding diaryl/α,β-unsaturated/α-hetero) is 1. The Hall–Kier alpha value is -0.190. The van der Waals surface area contributed by atoms with Gasteiger partial charge in [0, 0.05) is 9.35 Å². The number of ketones is 1. The average Bonchev–Trinajstić information content (AvgIpc) is 2.31. The van der Waals surface area contributed by atoms with E-state index < -0.39 is 6.04 Å². The largest absolute Gasteiger partial charge is 0.321 e. The van der Waals surface area contributed by atoms with E-state index in [9.17, 15) is 4.79 Å². The van der Waals surface area contributed by atoms with Gasteiger partial charge in [0.2, 0.25) is 0 Å². The topological polar surface area (TPSA) is 43.1 Å². The summed E-state index contributed by atoms with van der Waals surface area (Å²) in [5, 5.41) is 0. The molecule has 13 heavy (non-hydrogen) atoms. The highest BCUT2D eigenvalue weighted by Gasteiger charge is 2.18. The summed E-state index contributed by atoms with van der Waals surface area (Å²) in [5.74, 6) is 0.0244. The number of rotatable bonds is 2. The molecule has 1 aromatic heterocycles. The van der Waals surface area contributed by atoms with Gasteiger partial charge in [-0.3, -0.25) is 4.79 Å². The first-order valence-corrected chi connectivity index (χ1v) is 5.61. The van der Waals surface area contributed by atoms with Gasteiger partial charge in [0.1, 0.15) is 0 Å². The Morgan fingerprint density at radius 2 is 2.08 bits per heavy atom. The summed E-state index contributed by atoms with van der Waals surface area (Å²) in [5.41, 5.74) is 6.54. The molecule has 0 aliphatic heterocycles. The van der Waals surface area contributed by atoms with E-state index in [0.29, 0.717) is 0 Å². The molecule has 0 fully saturated rings. The highest BCUT2D eigenvalue weighted by atomic mass is 79.9. The smallest absolute Gasteiger partial charge is 0.189 e. The number of halogens is 1. The molecule has 0 aliphatic carbocycles. The zero-order valence-electron chi connectivity index (χ0n) is 7.85. The van der Waals surface area contributed by atoms with Crippen molar-refractivity contribution in [1.29, 1.82) is 0 Å². The van der Waals surface area contributed by atoms with E-state index in [0.717, 1.165) is 19.8 Å². The zero-order chi connectivity index (χ0) is 10.2. The second-order valence-corrected chi connectivity index (χ2v) is 5.10. The minimum Gasteiger partial charge on any atom is -0.321 e. The quantitative estimate of drug-likeness (QED) is 0.832. The average molecular weight is 262 g/mol. The maximum atomic E-state index is 11.6. The lowest BCUT2D eigenvalue weighted by Gasteiger charge is -2.01. The fourth-order valence-electron chi connectivity index (χ4n) is 1.08. The van der Waals surface area contributed by atoms with Gasteiger partial charge in [0.25, 0.3) is 0 Å². The van der Waals surface area contributed by atoms with Crippen LogP contribution in [0.5, 0.6) is 0 Å². The summed E-state index contributed by atoms with van der Waals surface area (Å²) >= 11 is 4.94. The standard InChI is InChI=1S/C9H12BrNOS/c1-4-7(10)6(3)13-9(4)8(12)5(2)11/h5H,11H2,1-3H3. The van der Waals surface area contributed by atoms with Crippen LogP contribution in [0.1, 0.15) is 27.0 Å². The first kappa shape index (κ1) is 10.9. The van der Waals surface area contributed by atoms with Gasteiger partial charge in [0.05, 0.1) is 10.9 Å². The Kier molecular flexibility index (Phi) is 3.27. The van der Waals surface area contributed by atoms with E-state index in [1.54, 1.807) is 6.92 Å². The Balaban J connectivity index is 3.16. The van der Waals surface area contributed by atoms with Crippen LogP contribution in [0, 0.1) is 13.8 Å².